The van der Waals surface area contributed by atoms with E-state index in [9.17, 15) is 8.78 Å². The number of aromatic nitrogens is 2. The van der Waals surface area contributed by atoms with E-state index in [1.165, 1.54) is 6.07 Å². The molecule has 0 fully saturated rings. The number of hydrogen-bond acceptors (Lipinski definition) is 5. The first-order valence-corrected chi connectivity index (χ1v) is 8.48. The molecule has 1 aromatic heterocycles. The average Bonchev–Trinajstić information content (AvgIpc) is 2.64. The van der Waals surface area contributed by atoms with Gasteiger partial charge in [0.25, 0.3) is 0 Å². The number of ether oxygens (including phenoxy) is 1. The summed E-state index contributed by atoms with van der Waals surface area (Å²) in [5, 5.41) is 6.14. The van der Waals surface area contributed by atoms with Crippen LogP contribution < -0.4 is 15.4 Å². The standard InChI is InChI=1S/C20H20F2N4O/c1-13-10-19(25-15-6-7-17(21)18(22)12-15)26-20(24-13)23-9-8-14-4-3-5-16(11-14)27-2/h3-7,10-12H,8-9H2,1-2H3,(H2,23,24,25,26). The SMILES string of the molecule is COc1cccc(CCNc2nc(C)cc(Nc3ccc(F)c(F)c3)n2)c1. The first-order chi connectivity index (χ1) is 13.0. The highest BCUT2D eigenvalue weighted by atomic mass is 19.2. The van der Waals surface area contributed by atoms with Crippen LogP contribution in [0, 0.1) is 18.6 Å². The highest BCUT2D eigenvalue weighted by molar-refractivity contribution is 5.57. The summed E-state index contributed by atoms with van der Waals surface area (Å²) in [5.41, 5.74) is 2.29. The summed E-state index contributed by atoms with van der Waals surface area (Å²) in [6.07, 6.45) is 0.778. The number of halogens is 2. The third kappa shape index (κ3) is 5.13. The predicted molar refractivity (Wildman–Crippen MR) is 102 cm³/mol. The Bertz CT molecular complexity index is 934. The lowest BCUT2D eigenvalue weighted by Gasteiger charge is -2.10. The number of anilines is 3. The van der Waals surface area contributed by atoms with Gasteiger partial charge < -0.3 is 15.4 Å². The maximum absolute atomic E-state index is 13.4. The Hall–Kier alpha value is -3.22. The number of nitrogens with one attached hydrogen (secondary N) is 2. The van der Waals surface area contributed by atoms with Gasteiger partial charge in [-0.2, -0.15) is 4.98 Å². The summed E-state index contributed by atoms with van der Waals surface area (Å²) in [6.45, 7) is 2.48. The Morgan fingerprint density at radius 3 is 2.63 bits per heavy atom. The summed E-state index contributed by atoms with van der Waals surface area (Å²) in [6, 6.07) is 13.2. The summed E-state index contributed by atoms with van der Waals surface area (Å²) in [4.78, 5) is 8.72. The van der Waals surface area contributed by atoms with Gasteiger partial charge in [0.1, 0.15) is 11.6 Å². The molecule has 0 aliphatic rings. The van der Waals surface area contributed by atoms with Crippen molar-refractivity contribution in [3.05, 3.63) is 71.4 Å². The second kappa shape index (κ2) is 8.44. The lowest BCUT2D eigenvalue weighted by Crippen LogP contribution is -2.09. The van der Waals surface area contributed by atoms with Crippen molar-refractivity contribution in [1.82, 2.24) is 9.97 Å². The van der Waals surface area contributed by atoms with Gasteiger partial charge in [-0.1, -0.05) is 12.1 Å². The minimum absolute atomic E-state index is 0.411. The van der Waals surface area contributed by atoms with Gasteiger partial charge in [-0.3, -0.25) is 0 Å². The Morgan fingerprint density at radius 1 is 1.00 bits per heavy atom. The number of methoxy groups -OCH3 is 1. The van der Waals surface area contributed by atoms with Gasteiger partial charge in [0.2, 0.25) is 5.95 Å². The highest BCUT2D eigenvalue weighted by Gasteiger charge is 2.06. The topological polar surface area (TPSA) is 59.1 Å². The van der Waals surface area contributed by atoms with E-state index in [-0.39, 0.29) is 0 Å². The molecular formula is C20H20F2N4O. The number of hydrogen-bond donors (Lipinski definition) is 2. The Labute approximate surface area is 156 Å². The van der Waals surface area contributed by atoms with E-state index in [1.54, 1.807) is 13.2 Å². The van der Waals surface area contributed by atoms with Crippen molar-refractivity contribution in [2.24, 2.45) is 0 Å². The van der Waals surface area contributed by atoms with Crippen molar-refractivity contribution in [2.75, 3.05) is 24.3 Å². The first kappa shape index (κ1) is 18.6. The van der Waals surface area contributed by atoms with Crippen LogP contribution in [0.3, 0.4) is 0 Å². The zero-order valence-corrected chi connectivity index (χ0v) is 15.1. The molecule has 0 saturated carbocycles. The zero-order chi connectivity index (χ0) is 19.2. The van der Waals surface area contributed by atoms with Gasteiger partial charge in [-0.25, -0.2) is 13.8 Å². The van der Waals surface area contributed by atoms with Crippen LogP contribution in [0.15, 0.2) is 48.5 Å². The summed E-state index contributed by atoms with van der Waals surface area (Å²) in [5.74, 6) is -0.0283. The molecule has 3 rings (SSSR count). The molecule has 1 heterocycles. The van der Waals surface area contributed by atoms with Crippen LogP contribution in [0.2, 0.25) is 0 Å². The van der Waals surface area contributed by atoms with E-state index in [0.717, 1.165) is 35.6 Å². The van der Waals surface area contributed by atoms with E-state index in [0.29, 0.717) is 24.0 Å². The van der Waals surface area contributed by atoms with Gasteiger partial charge in [-0.15, -0.1) is 0 Å². The molecule has 0 amide bonds. The molecule has 0 radical (unpaired) electrons. The van der Waals surface area contributed by atoms with Crippen LogP contribution >= 0.6 is 0 Å². The van der Waals surface area contributed by atoms with E-state index < -0.39 is 11.6 Å². The minimum atomic E-state index is -0.914. The molecule has 2 aromatic carbocycles. The third-order valence-electron chi connectivity index (χ3n) is 3.88. The van der Waals surface area contributed by atoms with Crippen LogP contribution in [-0.2, 0) is 6.42 Å². The monoisotopic (exact) mass is 370 g/mol. The van der Waals surface area contributed by atoms with E-state index >= 15 is 0 Å². The van der Waals surface area contributed by atoms with Crippen molar-refractivity contribution in [2.45, 2.75) is 13.3 Å². The summed E-state index contributed by atoms with van der Waals surface area (Å²) in [7, 11) is 1.64. The first-order valence-electron chi connectivity index (χ1n) is 8.48. The molecule has 0 aliphatic carbocycles. The largest absolute Gasteiger partial charge is 0.497 e. The van der Waals surface area contributed by atoms with E-state index in [4.69, 9.17) is 4.74 Å². The van der Waals surface area contributed by atoms with Crippen molar-refractivity contribution in [3.8, 4) is 5.75 Å². The lowest BCUT2D eigenvalue weighted by atomic mass is 10.1. The number of aryl methyl sites for hydroxylation is 1. The Balaban J connectivity index is 1.64. The maximum Gasteiger partial charge on any atom is 0.224 e. The molecule has 2 N–H and O–H groups in total. The minimum Gasteiger partial charge on any atom is -0.497 e. The van der Waals surface area contributed by atoms with Crippen LogP contribution in [-0.4, -0.2) is 23.6 Å². The molecule has 7 heteroatoms. The smallest absolute Gasteiger partial charge is 0.224 e. The zero-order valence-electron chi connectivity index (χ0n) is 15.1. The molecule has 0 aliphatic heterocycles. The van der Waals surface area contributed by atoms with Crippen molar-refractivity contribution < 1.29 is 13.5 Å². The fraction of sp³-hybridized carbons (Fsp3) is 0.200. The van der Waals surface area contributed by atoms with Gasteiger partial charge in [0, 0.05) is 30.1 Å². The van der Waals surface area contributed by atoms with Gasteiger partial charge >= 0.3 is 0 Å². The Morgan fingerprint density at radius 2 is 1.85 bits per heavy atom. The Kier molecular flexibility index (Phi) is 5.80. The quantitative estimate of drug-likeness (QED) is 0.643. The summed E-state index contributed by atoms with van der Waals surface area (Å²) < 4.78 is 31.6. The normalized spacial score (nSPS) is 10.5. The van der Waals surface area contributed by atoms with Crippen LogP contribution in [0.25, 0.3) is 0 Å². The molecule has 3 aromatic rings. The van der Waals surface area contributed by atoms with Crippen molar-refractivity contribution in [1.29, 1.82) is 0 Å². The van der Waals surface area contributed by atoms with E-state index in [1.807, 2.05) is 31.2 Å². The van der Waals surface area contributed by atoms with E-state index in [2.05, 4.69) is 20.6 Å². The lowest BCUT2D eigenvalue weighted by molar-refractivity contribution is 0.414. The van der Waals surface area contributed by atoms with Crippen LogP contribution in [0.1, 0.15) is 11.3 Å². The number of rotatable bonds is 7. The second-order valence-electron chi connectivity index (χ2n) is 6.00. The van der Waals surface area contributed by atoms with Gasteiger partial charge in [0.05, 0.1) is 7.11 Å². The molecular weight excluding hydrogens is 350 g/mol. The summed E-state index contributed by atoms with van der Waals surface area (Å²) >= 11 is 0. The average molecular weight is 370 g/mol. The molecule has 0 saturated heterocycles. The van der Waals surface area contributed by atoms with Crippen LogP contribution in [0.5, 0.6) is 5.75 Å². The highest BCUT2D eigenvalue weighted by Crippen LogP contribution is 2.19. The fourth-order valence-corrected chi connectivity index (χ4v) is 2.58. The van der Waals surface area contributed by atoms with Crippen molar-refractivity contribution in [3.63, 3.8) is 0 Å². The number of benzene rings is 2. The molecule has 0 bridgehead atoms. The second-order valence-corrected chi connectivity index (χ2v) is 6.00. The number of nitrogens with zero attached hydrogens (tertiary/aromatic N) is 2. The molecule has 0 atom stereocenters. The molecule has 5 nitrogen and oxygen atoms in total. The molecule has 0 spiro atoms. The van der Waals surface area contributed by atoms with Crippen LogP contribution in [0.4, 0.5) is 26.2 Å². The maximum atomic E-state index is 13.4. The molecule has 140 valence electrons. The third-order valence-corrected chi connectivity index (χ3v) is 3.88. The van der Waals surface area contributed by atoms with Gasteiger partial charge in [-0.05, 0) is 43.2 Å². The molecule has 0 unspecified atom stereocenters. The fourth-order valence-electron chi connectivity index (χ4n) is 2.58. The molecule has 27 heavy (non-hydrogen) atoms. The van der Waals surface area contributed by atoms with Crippen molar-refractivity contribution >= 4 is 17.5 Å². The van der Waals surface area contributed by atoms with Gasteiger partial charge in [0.15, 0.2) is 11.6 Å². The predicted octanol–water partition coefficient (Wildman–Crippen LogP) is 4.47.